The number of rotatable bonds is 9. The van der Waals surface area contributed by atoms with Gasteiger partial charge in [-0.25, -0.2) is 22.7 Å². The predicted molar refractivity (Wildman–Crippen MR) is 116 cm³/mol. The van der Waals surface area contributed by atoms with E-state index in [2.05, 4.69) is 30.0 Å². The second kappa shape index (κ2) is 9.71. The average Bonchev–Trinajstić information content (AvgIpc) is 2.63. The number of nitrogens with two attached hydrogens (primary N) is 1. The summed E-state index contributed by atoms with van der Waals surface area (Å²) in [4.78, 5) is 4.17. The Balaban J connectivity index is 3.55. The maximum atomic E-state index is 15.6. The molecule has 0 radical (unpaired) electrons. The molecule has 2 atom stereocenters. The monoisotopic (exact) mass is 520 g/mol. The first-order valence-corrected chi connectivity index (χ1v) is 14.4. The highest BCUT2D eigenvalue weighted by Crippen LogP contribution is 2.28. The molecule has 0 aromatic carbocycles. The summed E-state index contributed by atoms with van der Waals surface area (Å²) in [5.41, 5.74) is 4.55. The lowest BCUT2D eigenvalue weighted by molar-refractivity contribution is -0.117. The molecule has 0 spiro atoms. The zero-order valence-corrected chi connectivity index (χ0v) is 20.7. The average molecular weight is 521 g/mol. The highest BCUT2D eigenvalue weighted by molar-refractivity contribution is 9.10. The van der Waals surface area contributed by atoms with Crippen molar-refractivity contribution in [2.75, 3.05) is 19.3 Å². The molecule has 0 saturated carbocycles. The molecule has 0 amide bonds. The van der Waals surface area contributed by atoms with Gasteiger partial charge in [0.1, 0.15) is 26.9 Å². The summed E-state index contributed by atoms with van der Waals surface area (Å²) in [7, 11) is -4.45. The Kier molecular flexibility index (Phi) is 8.86. The van der Waals surface area contributed by atoms with Gasteiger partial charge in [0.15, 0.2) is 0 Å². The van der Waals surface area contributed by atoms with Gasteiger partial charge in [0.25, 0.3) is 0 Å². The molecule has 0 saturated heterocycles. The summed E-state index contributed by atoms with van der Waals surface area (Å²) in [6.07, 6.45) is -4.61. The summed E-state index contributed by atoms with van der Waals surface area (Å²) in [6, 6.07) is 4.13. The van der Waals surface area contributed by atoms with Crippen molar-refractivity contribution in [2.24, 2.45) is 10.1 Å². The second-order valence-electron chi connectivity index (χ2n) is 7.30. The molecular formula is C17H29BrF4N4OSSi. The van der Waals surface area contributed by atoms with Crippen molar-refractivity contribution in [2.45, 2.75) is 57.5 Å². The standard InChI is InChI=1S/C17H29BrF4N4OSSi/c1-6-29(7-2,8-3)12-9-13(18)26-15(14(12)19)16(4,23)11-28(27,24-5)25-10-17(20,21)22/h9H,6-8,10-11,23H2,1-5H3,(H,24,25,27)/t16-,28?/m0/s1. The van der Waals surface area contributed by atoms with E-state index < -0.39 is 47.8 Å². The number of pyridine rings is 1. The summed E-state index contributed by atoms with van der Waals surface area (Å²) in [5, 5.41) is 0.571. The van der Waals surface area contributed by atoms with Crippen LogP contribution in [0.25, 0.3) is 0 Å². The van der Waals surface area contributed by atoms with Gasteiger partial charge in [-0.1, -0.05) is 38.9 Å². The fourth-order valence-corrected chi connectivity index (χ4v) is 9.37. The van der Waals surface area contributed by atoms with Gasteiger partial charge in [0.2, 0.25) is 0 Å². The smallest absolute Gasteiger partial charge is 0.319 e. The van der Waals surface area contributed by atoms with Crippen LogP contribution >= 0.6 is 15.9 Å². The number of hydrogen-bond acceptors (Lipinski definition) is 4. The van der Waals surface area contributed by atoms with E-state index in [0.29, 0.717) is 9.79 Å². The molecule has 12 heteroatoms. The van der Waals surface area contributed by atoms with Crippen LogP contribution in [0.3, 0.4) is 0 Å². The van der Waals surface area contributed by atoms with E-state index in [9.17, 15) is 17.4 Å². The lowest BCUT2D eigenvalue weighted by Crippen LogP contribution is -2.51. The molecule has 0 bridgehead atoms. The molecule has 1 heterocycles. The molecule has 0 aliphatic carbocycles. The lowest BCUT2D eigenvalue weighted by Gasteiger charge is -2.32. The molecule has 3 N–H and O–H groups in total. The van der Waals surface area contributed by atoms with Gasteiger partial charge < -0.3 is 5.73 Å². The van der Waals surface area contributed by atoms with Crippen LogP contribution in [0.1, 0.15) is 33.4 Å². The van der Waals surface area contributed by atoms with Crippen molar-refractivity contribution in [3.05, 3.63) is 22.2 Å². The molecule has 1 aromatic rings. The molecule has 0 aliphatic heterocycles. The van der Waals surface area contributed by atoms with E-state index in [1.807, 2.05) is 20.8 Å². The number of nitrogens with one attached hydrogen (secondary N) is 1. The van der Waals surface area contributed by atoms with Crippen LogP contribution < -0.4 is 15.6 Å². The van der Waals surface area contributed by atoms with Gasteiger partial charge >= 0.3 is 6.18 Å². The van der Waals surface area contributed by atoms with Crippen LogP contribution in [-0.2, 0) is 15.5 Å². The van der Waals surface area contributed by atoms with Crippen molar-refractivity contribution < 1.29 is 21.8 Å². The first-order valence-electron chi connectivity index (χ1n) is 9.31. The second-order valence-corrected chi connectivity index (χ2v) is 15.6. The van der Waals surface area contributed by atoms with E-state index in [4.69, 9.17) is 5.73 Å². The van der Waals surface area contributed by atoms with Crippen LogP contribution in [0, 0.1) is 5.82 Å². The summed E-state index contributed by atoms with van der Waals surface area (Å²) in [6.45, 7) is 5.90. The molecule has 168 valence electrons. The number of hydrogen-bond donors (Lipinski definition) is 2. The number of nitrogens with zero attached hydrogens (tertiary/aromatic N) is 2. The van der Waals surface area contributed by atoms with E-state index in [-0.39, 0.29) is 5.69 Å². The highest BCUT2D eigenvalue weighted by atomic mass is 79.9. The van der Waals surface area contributed by atoms with E-state index in [0.717, 1.165) is 18.1 Å². The minimum atomic E-state index is -4.61. The van der Waals surface area contributed by atoms with Crippen LogP contribution in [0.2, 0.25) is 18.1 Å². The third-order valence-electron chi connectivity index (χ3n) is 5.34. The summed E-state index contributed by atoms with van der Waals surface area (Å²) < 4.78 is 72.1. The topological polar surface area (TPSA) is 80.4 Å². The Morgan fingerprint density at radius 1 is 1.28 bits per heavy atom. The van der Waals surface area contributed by atoms with E-state index in [1.54, 1.807) is 6.07 Å². The number of halogens is 5. The molecule has 1 aromatic heterocycles. The van der Waals surface area contributed by atoms with Crippen LogP contribution in [0.4, 0.5) is 17.6 Å². The summed E-state index contributed by atoms with van der Waals surface area (Å²) >= 11 is 3.30. The maximum Gasteiger partial charge on any atom is 0.408 e. The van der Waals surface area contributed by atoms with E-state index >= 15 is 4.39 Å². The Morgan fingerprint density at radius 3 is 2.21 bits per heavy atom. The highest BCUT2D eigenvalue weighted by Gasteiger charge is 2.38. The van der Waals surface area contributed by atoms with Gasteiger partial charge in [-0.15, -0.1) is 0 Å². The molecule has 0 fully saturated rings. The molecule has 29 heavy (non-hydrogen) atoms. The number of aromatic nitrogens is 1. The first-order chi connectivity index (χ1) is 13.2. The van der Waals surface area contributed by atoms with Crippen LogP contribution in [-0.4, -0.2) is 42.8 Å². The molecule has 1 unspecified atom stereocenters. The van der Waals surface area contributed by atoms with Crippen molar-refractivity contribution >= 4 is 39.1 Å². The van der Waals surface area contributed by atoms with Crippen LogP contribution in [0.15, 0.2) is 15.0 Å². The fourth-order valence-electron chi connectivity index (χ4n) is 3.42. The predicted octanol–water partition coefficient (Wildman–Crippen LogP) is 4.04. The largest absolute Gasteiger partial charge is 0.408 e. The fraction of sp³-hybridized carbons (Fsp3) is 0.706. The van der Waals surface area contributed by atoms with Gasteiger partial charge in [-0.2, -0.15) is 13.2 Å². The van der Waals surface area contributed by atoms with Crippen molar-refractivity contribution in [3.8, 4) is 0 Å². The molecule has 1 rings (SSSR count). The Labute approximate surface area is 179 Å². The van der Waals surface area contributed by atoms with Crippen LogP contribution in [0.5, 0.6) is 0 Å². The van der Waals surface area contributed by atoms with E-state index in [1.165, 1.54) is 14.0 Å². The Bertz CT molecular complexity index is 829. The Morgan fingerprint density at radius 2 is 1.79 bits per heavy atom. The number of alkyl halides is 3. The zero-order valence-electron chi connectivity index (χ0n) is 17.3. The zero-order chi connectivity index (χ0) is 22.7. The van der Waals surface area contributed by atoms with Gasteiger partial charge in [-0.05, 0) is 41.2 Å². The van der Waals surface area contributed by atoms with Gasteiger partial charge in [-0.3, -0.25) is 0 Å². The third-order valence-corrected chi connectivity index (χ3v) is 13.5. The lowest BCUT2D eigenvalue weighted by atomic mass is 10.0. The quantitative estimate of drug-likeness (QED) is 0.293. The van der Waals surface area contributed by atoms with Gasteiger partial charge in [0, 0.05) is 0 Å². The molecule has 5 nitrogen and oxygen atoms in total. The normalized spacial score (nSPS) is 16.9. The maximum absolute atomic E-state index is 15.6. The molecule has 0 aliphatic rings. The third kappa shape index (κ3) is 6.46. The van der Waals surface area contributed by atoms with Gasteiger partial charge in [0.05, 0.1) is 25.1 Å². The Hall–Kier alpha value is -0.563. The first kappa shape index (κ1) is 26.5. The van der Waals surface area contributed by atoms with Crippen molar-refractivity contribution in [3.63, 3.8) is 0 Å². The van der Waals surface area contributed by atoms with Crippen molar-refractivity contribution in [1.82, 2.24) is 9.71 Å². The SMILES string of the molecule is CC[Si](CC)(CC)c1cc(Br)nc([C@@](C)(N)CS(=O)(=NCC(F)(F)F)NC)c1F. The summed E-state index contributed by atoms with van der Waals surface area (Å²) in [5.74, 6) is -1.09. The minimum absolute atomic E-state index is 0.126. The minimum Gasteiger partial charge on any atom is -0.319 e. The molecular weight excluding hydrogens is 492 g/mol. The van der Waals surface area contributed by atoms with Crippen molar-refractivity contribution in [1.29, 1.82) is 0 Å².